The van der Waals surface area contributed by atoms with E-state index in [2.05, 4.69) is 10.2 Å². The molecule has 0 radical (unpaired) electrons. The molecular formula is C10H9N3O3. The molecule has 16 heavy (non-hydrogen) atoms. The highest BCUT2D eigenvalue weighted by Gasteiger charge is 2.18. The van der Waals surface area contributed by atoms with Gasteiger partial charge in [0.2, 0.25) is 5.89 Å². The molecule has 1 aromatic carbocycles. The topological polar surface area (TPSA) is 82.1 Å². The van der Waals surface area contributed by atoms with E-state index in [1.165, 1.54) is 6.07 Å². The summed E-state index contributed by atoms with van der Waals surface area (Å²) in [5.74, 6) is 0.650. The molecule has 0 aliphatic heterocycles. The summed E-state index contributed by atoms with van der Waals surface area (Å²) >= 11 is 0. The van der Waals surface area contributed by atoms with Gasteiger partial charge in [-0.15, -0.1) is 10.2 Å². The third-order valence-electron chi connectivity index (χ3n) is 2.10. The Balaban J connectivity index is 2.50. The van der Waals surface area contributed by atoms with Crippen molar-refractivity contribution in [1.82, 2.24) is 10.2 Å². The molecule has 1 heterocycles. The minimum atomic E-state index is -0.467. The maximum Gasteiger partial charge on any atom is 0.282 e. The standard InChI is InChI=1S/C10H9N3O3/c1-2-9-11-12-10(16-9)7-5-3-4-6-8(7)13(14)15/h3-6H,2H2,1H3. The second kappa shape index (κ2) is 4.09. The van der Waals surface area contributed by atoms with E-state index in [0.717, 1.165) is 0 Å². The van der Waals surface area contributed by atoms with Crippen molar-refractivity contribution >= 4 is 5.69 Å². The Morgan fingerprint density at radius 1 is 1.38 bits per heavy atom. The van der Waals surface area contributed by atoms with Gasteiger partial charge in [0.05, 0.1) is 4.92 Å². The lowest BCUT2D eigenvalue weighted by molar-refractivity contribution is -0.384. The average Bonchev–Trinajstić information content (AvgIpc) is 2.77. The Kier molecular flexibility index (Phi) is 2.63. The average molecular weight is 219 g/mol. The zero-order chi connectivity index (χ0) is 11.5. The monoisotopic (exact) mass is 219 g/mol. The molecule has 0 aliphatic carbocycles. The third-order valence-corrected chi connectivity index (χ3v) is 2.10. The maximum atomic E-state index is 10.8. The van der Waals surface area contributed by atoms with Crippen molar-refractivity contribution in [1.29, 1.82) is 0 Å². The molecule has 82 valence electrons. The van der Waals surface area contributed by atoms with Crippen LogP contribution >= 0.6 is 0 Å². The number of hydrogen-bond donors (Lipinski definition) is 0. The molecule has 2 rings (SSSR count). The van der Waals surface area contributed by atoms with Crippen LogP contribution in [0.4, 0.5) is 5.69 Å². The number of nitrogens with zero attached hydrogens (tertiary/aromatic N) is 3. The molecule has 0 N–H and O–H groups in total. The first-order valence-electron chi connectivity index (χ1n) is 4.78. The van der Waals surface area contributed by atoms with Gasteiger partial charge in [-0.2, -0.15) is 0 Å². The summed E-state index contributed by atoms with van der Waals surface area (Å²) in [6.45, 7) is 1.87. The highest BCUT2D eigenvalue weighted by molar-refractivity contribution is 5.66. The van der Waals surface area contributed by atoms with E-state index >= 15 is 0 Å². The van der Waals surface area contributed by atoms with E-state index in [1.807, 2.05) is 6.92 Å². The highest BCUT2D eigenvalue weighted by atomic mass is 16.6. The Labute approximate surface area is 91.1 Å². The Bertz CT molecular complexity index is 522. The van der Waals surface area contributed by atoms with Gasteiger partial charge in [-0.05, 0) is 6.07 Å². The molecular weight excluding hydrogens is 210 g/mol. The molecule has 2 aromatic rings. The molecule has 0 aliphatic rings. The predicted octanol–water partition coefficient (Wildman–Crippen LogP) is 2.21. The van der Waals surface area contributed by atoms with Crippen LogP contribution in [0.1, 0.15) is 12.8 Å². The Morgan fingerprint density at radius 2 is 2.12 bits per heavy atom. The fourth-order valence-electron chi connectivity index (χ4n) is 1.32. The number of benzene rings is 1. The number of aryl methyl sites for hydroxylation is 1. The van der Waals surface area contributed by atoms with Crippen molar-refractivity contribution < 1.29 is 9.34 Å². The molecule has 0 atom stereocenters. The van der Waals surface area contributed by atoms with Crippen molar-refractivity contribution in [2.24, 2.45) is 0 Å². The van der Waals surface area contributed by atoms with Crippen LogP contribution < -0.4 is 0 Å². The quantitative estimate of drug-likeness (QED) is 0.583. The van der Waals surface area contributed by atoms with E-state index in [9.17, 15) is 10.1 Å². The first kappa shape index (κ1) is 10.3. The van der Waals surface area contributed by atoms with Gasteiger partial charge < -0.3 is 4.42 Å². The number of nitro benzene ring substituents is 1. The van der Waals surface area contributed by atoms with Crippen molar-refractivity contribution in [3.8, 4) is 11.5 Å². The summed E-state index contributed by atoms with van der Waals surface area (Å²) in [6, 6.07) is 6.28. The first-order chi connectivity index (χ1) is 7.72. The van der Waals surface area contributed by atoms with Crippen LogP contribution in [-0.2, 0) is 6.42 Å². The summed E-state index contributed by atoms with van der Waals surface area (Å²) in [5.41, 5.74) is 0.313. The first-order valence-corrected chi connectivity index (χ1v) is 4.78. The van der Waals surface area contributed by atoms with Crippen LogP contribution in [0.5, 0.6) is 0 Å². The van der Waals surface area contributed by atoms with E-state index in [-0.39, 0.29) is 11.6 Å². The van der Waals surface area contributed by atoms with Crippen LogP contribution in [-0.4, -0.2) is 15.1 Å². The van der Waals surface area contributed by atoms with E-state index in [0.29, 0.717) is 17.9 Å². The van der Waals surface area contributed by atoms with Gasteiger partial charge >= 0.3 is 0 Å². The van der Waals surface area contributed by atoms with Gasteiger partial charge in [0.25, 0.3) is 11.6 Å². The van der Waals surface area contributed by atoms with Crippen LogP contribution in [0.15, 0.2) is 28.7 Å². The van der Waals surface area contributed by atoms with Crippen molar-refractivity contribution in [2.75, 3.05) is 0 Å². The maximum absolute atomic E-state index is 10.8. The lowest BCUT2D eigenvalue weighted by atomic mass is 10.2. The van der Waals surface area contributed by atoms with Gasteiger partial charge in [-0.3, -0.25) is 10.1 Å². The van der Waals surface area contributed by atoms with E-state index in [1.54, 1.807) is 18.2 Å². The normalized spacial score (nSPS) is 10.3. The molecule has 1 aromatic heterocycles. The molecule has 0 fully saturated rings. The molecule has 0 amide bonds. The zero-order valence-corrected chi connectivity index (χ0v) is 8.58. The Morgan fingerprint density at radius 3 is 2.75 bits per heavy atom. The summed E-state index contributed by atoms with van der Waals surface area (Å²) in [5, 5.41) is 18.3. The fraction of sp³-hybridized carbons (Fsp3) is 0.200. The SMILES string of the molecule is CCc1nnc(-c2ccccc2[N+](=O)[O-])o1. The second-order valence-electron chi connectivity index (χ2n) is 3.13. The van der Waals surface area contributed by atoms with Gasteiger partial charge in [0, 0.05) is 12.5 Å². The van der Waals surface area contributed by atoms with Gasteiger partial charge in [-0.25, -0.2) is 0 Å². The molecule has 0 saturated heterocycles. The van der Waals surface area contributed by atoms with E-state index in [4.69, 9.17) is 4.42 Å². The number of hydrogen-bond acceptors (Lipinski definition) is 5. The van der Waals surface area contributed by atoms with Crippen molar-refractivity contribution in [3.05, 3.63) is 40.3 Å². The minimum Gasteiger partial charge on any atom is -0.420 e. The van der Waals surface area contributed by atoms with Crippen LogP contribution in [0.3, 0.4) is 0 Å². The molecule has 0 bridgehead atoms. The van der Waals surface area contributed by atoms with Gasteiger partial charge in [0.1, 0.15) is 5.56 Å². The molecule has 0 saturated carbocycles. The minimum absolute atomic E-state index is 0.0335. The largest absolute Gasteiger partial charge is 0.420 e. The molecule has 6 nitrogen and oxygen atoms in total. The number of para-hydroxylation sites is 1. The number of nitro groups is 1. The smallest absolute Gasteiger partial charge is 0.282 e. The zero-order valence-electron chi connectivity index (χ0n) is 8.58. The number of aromatic nitrogens is 2. The summed E-state index contributed by atoms with van der Waals surface area (Å²) in [7, 11) is 0. The highest BCUT2D eigenvalue weighted by Crippen LogP contribution is 2.28. The lowest BCUT2D eigenvalue weighted by Crippen LogP contribution is -1.91. The van der Waals surface area contributed by atoms with Crippen molar-refractivity contribution in [2.45, 2.75) is 13.3 Å². The second-order valence-corrected chi connectivity index (χ2v) is 3.13. The summed E-state index contributed by atoms with van der Waals surface area (Å²) < 4.78 is 5.28. The van der Waals surface area contributed by atoms with E-state index < -0.39 is 4.92 Å². The molecule has 6 heteroatoms. The van der Waals surface area contributed by atoms with Gasteiger partial charge in [-0.1, -0.05) is 19.1 Å². The molecule has 0 unspecified atom stereocenters. The third kappa shape index (κ3) is 1.77. The summed E-state index contributed by atoms with van der Waals surface area (Å²) in [6.07, 6.45) is 0.605. The van der Waals surface area contributed by atoms with Crippen LogP contribution in [0.2, 0.25) is 0 Å². The fourth-order valence-corrected chi connectivity index (χ4v) is 1.32. The number of rotatable bonds is 3. The predicted molar refractivity (Wildman–Crippen MR) is 55.8 cm³/mol. The van der Waals surface area contributed by atoms with Crippen LogP contribution in [0.25, 0.3) is 11.5 Å². The summed E-state index contributed by atoms with van der Waals surface area (Å²) in [4.78, 5) is 10.3. The molecule has 0 spiro atoms. The van der Waals surface area contributed by atoms with Gasteiger partial charge in [0.15, 0.2) is 0 Å². The van der Waals surface area contributed by atoms with Crippen molar-refractivity contribution in [3.63, 3.8) is 0 Å². The van der Waals surface area contributed by atoms with Crippen LogP contribution in [0, 0.1) is 10.1 Å². The Hall–Kier alpha value is -2.24. The lowest BCUT2D eigenvalue weighted by Gasteiger charge is -1.96.